The van der Waals surface area contributed by atoms with E-state index in [1.165, 1.54) is 27.4 Å². The van der Waals surface area contributed by atoms with Crippen LogP contribution >= 0.6 is 0 Å². The second kappa shape index (κ2) is 6.27. The Morgan fingerprint density at radius 2 is 1.67 bits per heavy atom. The molecule has 0 aliphatic heterocycles. The van der Waals surface area contributed by atoms with Crippen molar-refractivity contribution in [2.75, 3.05) is 0 Å². The second-order valence-electron chi connectivity index (χ2n) is 5.56. The van der Waals surface area contributed by atoms with Gasteiger partial charge in [-0.05, 0) is 47.1 Å². The highest BCUT2D eigenvalue weighted by atomic mass is 28.2. The van der Waals surface area contributed by atoms with E-state index in [1.54, 1.807) is 0 Å². The normalized spacial score (nSPS) is 12.0. The van der Waals surface area contributed by atoms with Crippen LogP contribution in [0.4, 0.5) is 0 Å². The minimum absolute atomic E-state index is 0.648. The average molecular weight is 288 g/mol. The van der Waals surface area contributed by atoms with Gasteiger partial charge in [0.25, 0.3) is 0 Å². The van der Waals surface area contributed by atoms with Gasteiger partial charge in [-0.1, -0.05) is 59.8 Å². The lowest BCUT2D eigenvalue weighted by Gasteiger charge is -2.14. The summed E-state index contributed by atoms with van der Waals surface area (Å²) in [5, 5.41) is 1.53. The summed E-state index contributed by atoms with van der Waals surface area (Å²) in [6.07, 6.45) is 7.31. The molecule has 0 spiro atoms. The number of benzene rings is 2. The van der Waals surface area contributed by atoms with E-state index in [2.05, 4.69) is 55.6 Å². The van der Waals surface area contributed by atoms with E-state index in [0.717, 1.165) is 28.8 Å². The van der Waals surface area contributed by atoms with E-state index in [9.17, 15) is 0 Å². The van der Waals surface area contributed by atoms with E-state index in [0.29, 0.717) is 5.54 Å². The Hall–Kier alpha value is -1.86. The van der Waals surface area contributed by atoms with Gasteiger partial charge in [0.05, 0.1) is 9.52 Å². The van der Waals surface area contributed by atoms with Gasteiger partial charge in [-0.15, -0.1) is 13.2 Å². The predicted molar refractivity (Wildman–Crippen MR) is 93.5 cm³/mol. The van der Waals surface area contributed by atoms with E-state index in [-0.39, 0.29) is 0 Å². The van der Waals surface area contributed by atoms with Gasteiger partial charge >= 0.3 is 0 Å². The fraction of sp³-hybridized carbons (Fsp3) is 0.200. The molecule has 2 aromatic rings. The quantitative estimate of drug-likeness (QED) is 0.462. The zero-order valence-electron chi connectivity index (χ0n) is 12.3. The Balaban J connectivity index is 1.92. The zero-order chi connectivity index (χ0) is 14.7. The van der Waals surface area contributed by atoms with E-state index in [1.807, 2.05) is 12.2 Å². The van der Waals surface area contributed by atoms with Gasteiger partial charge in [0.2, 0.25) is 0 Å². The van der Waals surface area contributed by atoms with Crippen molar-refractivity contribution in [3.05, 3.63) is 78.9 Å². The van der Waals surface area contributed by atoms with Crippen LogP contribution in [0.5, 0.6) is 0 Å². The fourth-order valence-corrected chi connectivity index (χ4v) is 4.73. The number of allylic oxidation sites excluding steroid dienone is 2. The Bertz CT molecular complexity index is 659. The summed E-state index contributed by atoms with van der Waals surface area (Å²) in [6.45, 7) is 7.80. The lowest BCUT2D eigenvalue weighted by molar-refractivity contribution is 0.858. The van der Waals surface area contributed by atoms with Crippen LogP contribution in [0.15, 0.2) is 67.8 Å². The molecule has 0 atom stereocenters. The van der Waals surface area contributed by atoms with Gasteiger partial charge in [0, 0.05) is 0 Å². The standard InChI is InChI=1S/C20H20Si/c1-3-8-16(9-4-2)21-20-13-7-12-18-17-11-6-5-10-15(17)14-19(18)20/h3-7,10-13,16H,1-2,8-9,14H2. The second-order valence-corrected chi connectivity index (χ2v) is 7.20. The molecule has 0 amide bonds. The molecule has 0 unspecified atom stereocenters. The highest BCUT2D eigenvalue weighted by molar-refractivity contribution is 6.56. The van der Waals surface area contributed by atoms with Gasteiger partial charge < -0.3 is 0 Å². The molecule has 3 rings (SSSR count). The van der Waals surface area contributed by atoms with Gasteiger partial charge in [0.1, 0.15) is 0 Å². The van der Waals surface area contributed by atoms with Crippen molar-refractivity contribution in [1.82, 2.24) is 0 Å². The lowest BCUT2D eigenvalue weighted by Crippen LogP contribution is -2.23. The number of hydrogen-bond donors (Lipinski definition) is 0. The molecular formula is C20H20Si. The van der Waals surface area contributed by atoms with Gasteiger partial charge in [0.15, 0.2) is 0 Å². The molecule has 0 fully saturated rings. The molecule has 104 valence electrons. The number of fused-ring (bicyclic) bond motifs is 3. The van der Waals surface area contributed by atoms with E-state index >= 15 is 0 Å². The molecule has 0 nitrogen and oxygen atoms in total. The predicted octanol–water partition coefficient (Wildman–Crippen LogP) is 4.53. The first-order chi connectivity index (χ1) is 10.3. The number of rotatable bonds is 6. The SMILES string of the molecule is C=CCC(CC=C)[Si]c1cccc2c1Cc1ccccc1-2. The van der Waals surface area contributed by atoms with Crippen molar-refractivity contribution in [3.63, 3.8) is 0 Å². The van der Waals surface area contributed by atoms with E-state index < -0.39 is 0 Å². The van der Waals surface area contributed by atoms with Crippen molar-refractivity contribution in [1.29, 1.82) is 0 Å². The monoisotopic (exact) mass is 288 g/mol. The minimum atomic E-state index is 0.648. The molecule has 0 N–H and O–H groups in total. The third-order valence-electron chi connectivity index (χ3n) is 4.11. The summed E-state index contributed by atoms with van der Waals surface area (Å²) in [5.74, 6) is 0. The molecule has 0 bridgehead atoms. The molecule has 1 heteroatoms. The highest BCUT2D eigenvalue weighted by Gasteiger charge is 2.21. The van der Waals surface area contributed by atoms with Crippen LogP contribution in [0.2, 0.25) is 5.54 Å². The summed E-state index contributed by atoms with van der Waals surface area (Å²) >= 11 is 0. The minimum Gasteiger partial charge on any atom is -0.103 e. The first-order valence-corrected chi connectivity index (χ1v) is 8.59. The lowest BCUT2D eigenvalue weighted by atomic mass is 10.1. The maximum absolute atomic E-state index is 3.90. The topological polar surface area (TPSA) is 0 Å². The van der Waals surface area contributed by atoms with Crippen LogP contribution in [0.25, 0.3) is 11.1 Å². The molecule has 0 heterocycles. The van der Waals surface area contributed by atoms with Gasteiger partial charge in [-0.2, -0.15) is 0 Å². The third-order valence-corrected chi connectivity index (χ3v) is 5.77. The van der Waals surface area contributed by atoms with E-state index in [4.69, 9.17) is 0 Å². The number of hydrogen-bond acceptors (Lipinski definition) is 0. The van der Waals surface area contributed by atoms with Crippen LogP contribution in [-0.4, -0.2) is 9.52 Å². The highest BCUT2D eigenvalue weighted by Crippen LogP contribution is 2.35. The van der Waals surface area contributed by atoms with Crippen LogP contribution in [0.3, 0.4) is 0 Å². The van der Waals surface area contributed by atoms with Crippen molar-refractivity contribution in [3.8, 4) is 11.1 Å². The van der Waals surface area contributed by atoms with Crippen LogP contribution < -0.4 is 5.19 Å². The first-order valence-electron chi connectivity index (χ1n) is 7.52. The molecule has 2 radical (unpaired) electrons. The van der Waals surface area contributed by atoms with Gasteiger partial charge in [-0.3, -0.25) is 0 Å². The molecule has 0 saturated carbocycles. The third kappa shape index (κ3) is 2.79. The first kappa shape index (κ1) is 14.1. The molecular weight excluding hydrogens is 268 g/mol. The summed E-state index contributed by atoms with van der Waals surface area (Å²) in [7, 11) is 0.837. The fourth-order valence-electron chi connectivity index (χ4n) is 3.13. The van der Waals surface area contributed by atoms with Crippen molar-refractivity contribution in [2.45, 2.75) is 24.8 Å². The molecule has 21 heavy (non-hydrogen) atoms. The molecule has 1 aliphatic carbocycles. The van der Waals surface area contributed by atoms with Crippen molar-refractivity contribution < 1.29 is 0 Å². The van der Waals surface area contributed by atoms with Crippen molar-refractivity contribution >= 4 is 14.7 Å². The molecule has 1 aliphatic rings. The Morgan fingerprint density at radius 3 is 2.43 bits per heavy atom. The summed E-state index contributed by atoms with van der Waals surface area (Å²) in [4.78, 5) is 0. The van der Waals surface area contributed by atoms with Gasteiger partial charge in [-0.25, -0.2) is 0 Å². The molecule has 0 saturated heterocycles. The summed E-state index contributed by atoms with van der Waals surface area (Å²) in [5.41, 5.74) is 6.51. The Morgan fingerprint density at radius 1 is 0.952 bits per heavy atom. The maximum Gasteiger partial charge on any atom is 0.0853 e. The van der Waals surface area contributed by atoms with Crippen LogP contribution in [0.1, 0.15) is 24.0 Å². The Kier molecular flexibility index (Phi) is 4.21. The van der Waals surface area contributed by atoms with Crippen LogP contribution in [0, 0.1) is 0 Å². The Labute approximate surface area is 130 Å². The molecule has 2 aromatic carbocycles. The van der Waals surface area contributed by atoms with Crippen molar-refractivity contribution in [2.24, 2.45) is 0 Å². The van der Waals surface area contributed by atoms with Crippen LogP contribution in [-0.2, 0) is 6.42 Å². The summed E-state index contributed by atoms with van der Waals surface area (Å²) < 4.78 is 0. The largest absolute Gasteiger partial charge is 0.103 e. The maximum atomic E-state index is 3.90. The summed E-state index contributed by atoms with van der Waals surface area (Å²) in [6, 6.07) is 15.6. The smallest absolute Gasteiger partial charge is 0.0853 e. The average Bonchev–Trinajstić information content (AvgIpc) is 2.88. The molecule has 0 aromatic heterocycles. The zero-order valence-corrected chi connectivity index (χ0v) is 13.3.